The van der Waals surface area contributed by atoms with E-state index in [0.717, 1.165) is 0 Å². The number of carbonyl (C=O) groups excluding carboxylic acids is 3. The maximum absolute atomic E-state index is 11.9. The van der Waals surface area contributed by atoms with Crippen molar-refractivity contribution in [3.63, 3.8) is 0 Å². The topological polar surface area (TPSA) is 84.5 Å². The summed E-state index contributed by atoms with van der Waals surface area (Å²) in [5.74, 6) is -0.888. The predicted octanol–water partition coefficient (Wildman–Crippen LogP) is 0.339. The fourth-order valence-corrected chi connectivity index (χ4v) is 1.52. The second-order valence-electron chi connectivity index (χ2n) is 3.72. The molecule has 0 saturated heterocycles. The Morgan fingerprint density at radius 2 is 1.89 bits per heavy atom. The number of amides is 2. The van der Waals surface area contributed by atoms with Gasteiger partial charge in [0.1, 0.15) is 0 Å². The molecule has 0 fully saturated rings. The number of esters is 1. The maximum atomic E-state index is 11.9. The highest BCUT2D eigenvalue weighted by molar-refractivity contribution is 6.05. The molecule has 0 heterocycles. The first-order chi connectivity index (χ1) is 9.20. The summed E-state index contributed by atoms with van der Waals surface area (Å²) in [5.41, 5.74) is 0.506. The summed E-state index contributed by atoms with van der Waals surface area (Å²) in [6, 6.07) is 6.44. The predicted molar refractivity (Wildman–Crippen MR) is 68.8 cm³/mol. The fourth-order valence-electron chi connectivity index (χ4n) is 1.52. The van der Waals surface area contributed by atoms with E-state index in [9.17, 15) is 14.4 Å². The Kier molecular flexibility index (Phi) is 6.08. The number of carbonyl (C=O) groups is 3. The molecule has 0 saturated carbocycles. The average molecular weight is 264 g/mol. The Hall–Kier alpha value is -2.37. The molecule has 0 aliphatic rings. The fraction of sp³-hybridized carbons (Fsp3) is 0.308. The Balaban J connectivity index is 2.61. The Morgan fingerprint density at radius 1 is 1.21 bits per heavy atom. The third-order valence-corrected chi connectivity index (χ3v) is 2.44. The van der Waals surface area contributed by atoms with Gasteiger partial charge in [-0.1, -0.05) is 12.1 Å². The Labute approximate surface area is 111 Å². The van der Waals surface area contributed by atoms with E-state index in [-0.39, 0.29) is 17.0 Å². The lowest BCUT2D eigenvalue weighted by molar-refractivity contribution is -0.109. The number of ether oxygens (including phenoxy) is 1. The van der Waals surface area contributed by atoms with Gasteiger partial charge < -0.3 is 15.4 Å². The van der Waals surface area contributed by atoms with E-state index in [2.05, 4.69) is 15.4 Å². The molecule has 0 bridgehead atoms. The minimum atomic E-state index is -0.548. The van der Waals surface area contributed by atoms with Gasteiger partial charge in [-0.2, -0.15) is 0 Å². The van der Waals surface area contributed by atoms with Gasteiger partial charge in [-0.15, -0.1) is 0 Å². The molecule has 0 aromatic heterocycles. The maximum Gasteiger partial charge on any atom is 0.338 e. The first kappa shape index (κ1) is 14.7. The van der Waals surface area contributed by atoms with E-state index in [4.69, 9.17) is 0 Å². The number of hydrogen-bond donors (Lipinski definition) is 2. The van der Waals surface area contributed by atoms with Crippen LogP contribution >= 0.6 is 0 Å². The van der Waals surface area contributed by atoms with Crippen LogP contribution < -0.4 is 10.6 Å². The lowest BCUT2D eigenvalue weighted by atomic mass is 10.1. The normalized spacial score (nSPS) is 9.53. The number of hydrogen-bond acceptors (Lipinski definition) is 4. The zero-order valence-electron chi connectivity index (χ0n) is 10.6. The highest BCUT2D eigenvalue weighted by Crippen LogP contribution is 2.09. The summed E-state index contributed by atoms with van der Waals surface area (Å²) < 4.78 is 4.62. The summed E-state index contributed by atoms with van der Waals surface area (Å²) in [5, 5.41) is 5.17. The van der Waals surface area contributed by atoms with Crippen molar-refractivity contribution in [3.8, 4) is 0 Å². The second kappa shape index (κ2) is 7.86. The van der Waals surface area contributed by atoms with Crippen molar-refractivity contribution < 1.29 is 19.1 Å². The van der Waals surface area contributed by atoms with E-state index in [1.807, 2.05) is 0 Å². The number of methoxy groups -OCH3 is 1. The van der Waals surface area contributed by atoms with E-state index < -0.39 is 5.97 Å². The Morgan fingerprint density at radius 3 is 2.53 bits per heavy atom. The second-order valence-corrected chi connectivity index (χ2v) is 3.72. The van der Waals surface area contributed by atoms with Gasteiger partial charge >= 0.3 is 5.97 Å². The number of rotatable bonds is 7. The molecule has 2 amide bonds. The summed E-state index contributed by atoms with van der Waals surface area (Å²) in [4.78, 5) is 33.4. The lowest BCUT2D eigenvalue weighted by Gasteiger charge is -2.08. The van der Waals surface area contributed by atoms with Gasteiger partial charge in [-0.25, -0.2) is 4.79 Å². The van der Waals surface area contributed by atoms with Crippen LogP contribution in [0.5, 0.6) is 0 Å². The molecule has 19 heavy (non-hydrogen) atoms. The molecule has 1 rings (SSSR count). The molecule has 1 aromatic rings. The molecule has 6 heteroatoms. The first-order valence-corrected chi connectivity index (χ1v) is 5.83. The van der Waals surface area contributed by atoms with Crippen molar-refractivity contribution in [2.45, 2.75) is 6.42 Å². The molecular formula is C13H16N2O4. The minimum absolute atomic E-state index is 0.230. The minimum Gasteiger partial charge on any atom is -0.465 e. The van der Waals surface area contributed by atoms with Crippen LogP contribution in [0.25, 0.3) is 0 Å². The molecule has 102 valence electrons. The molecule has 1 aromatic carbocycles. The van der Waals surface area contributed by atoms with Crippen LogP contribution in [0, 0.1) is 0 Å². The number of nitrogens with one attached hydrogen (secondary N) is 2. The van der Waals surface area contributed by atoms with Crippen LogP contribution in [0.2, 0.25) is 0 Å². The molecule has 0 radical (unpaired) electrons. The molecule has 0 aliphatic heterocycles. The van der Waals surface area contributed by atoms with Crippen LogP contribution in [-0.4, -0.2) is 38.5 Å². The van der Waals surface area contributed by atoms with Crippen molar-refractivity contribution in [2.24, 2.45) is 0 Å². The van der Waals surface area contributed by atoms with Crippen molar-refractivity contribution in [1.82, 2.24) is 10.6 Å². The third kappa shape index (κ3) is 4.42. The van der Waals surface area contributed by atoms with Gasteiger partial charge in [0.2, 0.25) is 6.41 Å². The molecule has 0 atom stereocenters. The van der Waals surface area contributed by atoms with Crippen LogP contribution in [-0.2, 0) is 9.53 Å². The zero-order valence-corrected chi connectivity index (χ0v) is 10.6. The summed E-state index contributed by atoms with van der Waals surface area (Å²) in [6.07, 6.45) is 1.22. The van der Waals surface area contributed by atoms with Crippen LogP contribution in [0.15, 0.2) is 24.3 Å². The highest BCUT2D eigenvalue weighted by atomic mass is 16.5. The SMILES string of the molecule is COC(=O)c1ccccc1C(=O)NCCCNC=O. The Bertz CT molecular complexity index is 460. The van der Waals surface area contributed by atoms with Gasteiger partial charge in [0.05, 0.1) is 18.2 Å². The number of benzene rings is 1. The average Bonchev–Trinajstić information content (AvgIpc) is 2.46. The van der Waals surface area contributed by atoms with Gasteiger partial charge in [-0.3, -0.25) is 9.59 Å². The quantitative estimate of drug-likeness (QED) is 0.422. The monoisotopic (exact) mass is 264 g/mol. The lowest BCUT2D eigenvalue weighted by Crippen LogP contribution is -2.28. The summed E-state index contributed by atoms with van der Waals surface area (Å²) >= 11 is 0. The van der Waals surface area contributed by atoms with E-state index >= 15 is 0 Å². The van der Waals surface area contributed by atoms with Gasteiger partial charge in [0.25, 0.3) is 5.91 Å². The van der Waals surface area contributed by atoms with Gasteiger partial charge in [0.15, 0.2) is 0 Å². The molecule has 0 aliphatic carbocycles. The smallest absolute Gasteiger partial charge is 0.338 e. The van der Waals surface area contributed by atoms with Crippen molar-refractivity contribution in [2.75, 3.05) is 20.2 Å². The van der Waals surface area contributed by atoms with E-state index in [1.54, 1.807) is 18.2 Å². The van der Waals surface area contributed by atoms with Crippen LogP contribution in [0.3, 0.4) is 0 Å². The highest BCUT2D eigenvalue weighted by Gasteiger charge is 2.16. The van der Waals surface area contributed by atoms with Crippen LogP contribution in [0.1, 0.15) is 27.1 Å². The van der Waals surface area contributed by atoms with Crippen molar-refractivity contribution in [3.05, 3.63) is 35.4 Å². The molecule has 0 unspecified atom stereocenters. The molecule has 0 spiro atoms. The van der Waals surface area contributed by atoms with Gasteiger partial charge in [-0.05, 0) is 18.6 Å². The summed E-state index contributed by atoms with van der Waals surface area (Å²) in [7, 11) is 1.27. The molecule has 6 nitrogen and oxygen atoms in total. The van der Waals surface area contributed by atoms with E-state index in [0.29, 0.717) is 25.9 Å². The van der Waals surface area contributed by atoms with Crippen molar-refractivity contribution in [1.29, 1.82) is 0 Å². The van der Waals surface area contributed by atoms with Gasteiger partial charge in [0, 0.05) is 13.1 Å². The first-order valence-electron chi connectivity index (χ1n) is 5.83. The molecule has 2 N–H and O–H groups in total. The third-order valence-electron chi connectivity index (χ3n) is 2.44. The molecular weight excluding hydrogens is 248 g/mol. The van der Waals surface area contributed by atoms with Crippen LogP contribution in [0.4, 0.5) is 0 Å². The largest absolute Gasteiger partial charge is 0.465 e. The summed E-state index contributed by atoms with van der Waals surface area (Å²) in [6.45, 7) is 0.900. The van der Waals surface area contributed by atoms with Crippen molar-refractivity contribution >= 4 is 18.3 Å². The van der Waals surface area contributed by atoms with E-state index in [1.165, 1.54) is 13.2 Å². The zero-order chi connectivity index (χ0) is 14.1. The standard InChI is InChI=1S/C13H16N2O4/c1-19-13(18)11-6-3-2-5-10(11)12(17)15-8-4-7-14-9-16/h2-3,5-6,9H,4,7-8H2,1H3,(H,14,16)(H,15,17).